The fraction of sp³-hybridized carbons (Fsp3) is 0.308. The smallest absolute Gasteiger partial charge is 0.395 e. The normalized spacial score (nSPS) is 11.7. The van der Waals surface area contributed by atoms with Crippen LogP contribution in [0.2, 0.25) is 5.02 Å². The van der Waals surface area contributed by atoms with Crippen LogP contribution < -0.4 is 4.90 Å². The van der Waals surface area contributed by atoms with Crippen LogP contribution in [0.3, 0.4) is 0 Å². The number of benzene rings is 1. The van der Waals surface area contributed by atoms with E-state index in [-0.39, 0.29) is 18.3 Å². The second-order valence-corrected chi connectivity index (χ2v) is 5.56. The lowest BCUT2D eigenvalue weighted by molar-refractivity contribution is -0.140. The largest absolute Gasteiger partial charge is 0.434 e. The third-order valence-corrected chi connectivity index (χ3v) is 3.82. The molecule has 1 aromatic carbocycles. The van der Waals surface area contributed by atoms with E-state index in [4.69, 9.17) is 16.7 Å². The van der Waals surface area contributed by atoms with Gasteiger partial charge in [0.1, 0.15) is 0 Å². The molecule has 0 fully saturated rings. The van der Waals surface area contributed by atoms with Crippen LogP contribution in [-0.2, 0) is 12.7 Å². The molecular formula is C13H12ClF3N2OS. The van der Waals surface area contributed by atoms with Gasteiger partial charge in [-0.3, -0.25) is 0 Å². The molecule has 0 amide bonds. The maximum absolute atomic E-state index is 12.6. The van der Waals surface area contributed by atoms with Crippen LogP contribution >= 0.6 is 22.9 Å². The summed E-state index contributed by atoms with van der Waals surface area (Å²) in [6.45, 7) is 0.338. The second kappa shape index (κ2) is 6.64. The Labute approximate surface area is 128 Å². The van der Waals surface area contributed by atoms with Crippen molar-refractivity contribution < 1.29 is 18.3 Å². The number of aliphatic hydroxyl groups is 1. The number of hydrogen-bond acceptors (Lipinski definition) is 4. The first kappa shape index (κ1) is 16.1. The molecule has 0 bridgehead atoms. The zero-order chi connectivity index (χ0) is 15.5. The molecule has 0 unspecified atom stereocenters. The zero-order valence-corrected chi connectivity index (χ0v) is 12.3. The Balaban J connectivity index is 2.20. The van der Waals surface area contributed by atoms with E-state index < -0.39 is 11.9 Å². The average molecular weight is 337 g/mol. The van der Waals surface area contributed by atoms with Crippen molar-refractivity contribution in [1.82, 2.24) is 4.98 Å². The van der Waals surface area contributed by atoms with Crippen LogP contribution in [0.5, 0.6) is 0 Å². The predicted octanol–water partition coefficient (Wildman–Crippen LogP) is 3.81. The van der Waals surface area contributed by atoms with Gasteiger partial charge >= 0.3 is 6.18 Å². The topological polar surface area (TPSA) is 36.4 Å². The fourth-order valence-electron chi connectivity index (χ4n) is 1.76. The third-order valence-electron chi connectivity index (χ3n) is 2.69. The molecule has 1 N–H and O–H groups in total. The van der Waals surface area contributed by atoms with Crippen molar-refractivity contribution in [3.63, 3.8) is 0 Å². The molecule has 3 nitrogen and oxygen atoms in total. The van der Waals surface area contributed by atoms with Gasteiger partial charge in [-0.25, -0.2) is 4.98 Å². The maximum Gasteiger partial charge on any atom is 0.434 e. The number of aliphatic hydroxyl groups excluding tert-OH is 1. The lowest BCUT2D eigenvalue weighted by Gasteiger charge is -2.21. The van der Waals surface area contributed by atoms with Gasteiger partial charge in [-0.05, 0) is 17.7 Å². The summed E-state index contributed by atoms with van der Waals surface area (Å²) in [5.74, 6) is 0. The Hall–Kier alpha value is -1.31. The molecule has 0 saturated heterocycles. The second-order valence-electron chi connectivity index (χ2n) is 4.29. The monoisotopic (exact) mass is 336 g/mol. The highest BCUT2D eigenvalue weighted by Gasteiger charge is 2.34. The van der Waals surface area contributed by atoms with Gasteiger partial charge in [0.25, 0.3) is 0 Å². The van der Waals surface area contributed by atoms with Gasteiger partial charge in [0.15, 0.2) is 10.8 Å². The van der Waals surface area contributed by atoms with Crippen LogP contribution in [0.15, 0.2) is 29.6 Å². The van der Waals surface area contributed by atoms with Crippen molar-refractivity contribution in [2.75, 3.05) is 18.1 Å². The molecule has 0 aliphatic rings. The fourth-order valence-corrected chi connectivity index (χ4v) is 2.83. The molecule has 0 saturated carbocycles. The molecule has 0 aliphatic carbocycles. The molecule has 8 heteroatoms. The first-order chi connectivity index (χ1) is 9.90. The molecule has 114 valence electrons. The van der Waals surface area contributed by atoms with Gasteiger partial charge in [0.2, 0.25) is 0 Å². The standard InChI is InChI=1S/C13H12ClF3N2OS/c14-10-3-1-2-9(6-10)7-19(4-5-20)12-18-11(8-21-12)13(15,16)17/h1-3,6,8,20H,4-5,7H2. The van der Waals surface area contributed by atoms with Crippen molar-refractivity contribution in [2.24, 2.45) is 0 Å². The van der Waals surface area contributed by atoms with E-state index in [1.807, 2.05) is 6.07 Å². The summed E-state index contributed by atoms with van der Waals surface area (Å²) < 4.78 is 37.8. The molecule has 0 radical (unpaired) electrons. The van der Waals surface area contributed by atoms with Crippen LogP contribution in [0.4, 0.5) is 18.3 Å². The maximum atomic E-state index is 12.6. The van der Waals surface area contributed by atoms with Crippen molar-refractivity contribution in [3.05, 3.63) is 45.9 Å². The summed E-state index contributed by atoms with van der Waals surface area (Å²) in [7, 11) is 0. The Bertz CT molecular complexity index is 603. The van der Waals surface area contributed by atoms with Gasteiger partial charge in [-0.15, -0.1) is 11.3 Å². The summed E-state index contributed by atoms with van der Waals surface area (Å²) in [6, 6.07) is 7.02. The van der Waals surface area contributed by atoms with Crippen molar-refractivity contribution in [3.8, 4) is 0 Å². The molecular weight excluding hydrogens is 325 g/mol. The van der Waals surface area contributed by atoms with E-state index in [2.05, 4.69) is 4.98 Å². The number of alkyl halides is 3. The van der Waals surface area contributed by atoms with E-state index in [9.17, 15) is 13.2 Å². The van der Waals surface area contributed by atoms with Gasteiger partial charge in [-0.1, -0.05) is 23.7 Å². The average Bonchev–Trinajstić information content (AvgIpc) is 2.87. The van der Waals surface area contributed by atoms with Crippen LogP contribution in [0, 0.1) is 0 Å². The Morgan fingerprint density at radius 1 is 1.33 bits per heavy atom. The van der Waals surface area contributed by atoms with E-state index in [1.165, 1.54) is 0 Å². The van der Waals surface area contributed by atoms with E-state index >= 15 is 0 Å². The zero-order valence-electron chi connectivity index (χ0n) is 10.8. The number of halogens is 4. The Morgan fingerprint density at radius 2 is 2.10 bits per heavy atom. The number of aromatic nitrogens is 1. The molecule has 0 atom stereocenters. The molecule has 0 aliphatic heterocycles. The van der Waals surface area contributed by atoms with E-state index in [0.717, 1.165) is 22.3 Å². The minimum absolute atomic E-state index is 0.179. The molecule has 0 spiro atoms. The minimum Gasteiger partial charge on any atom is -0.395 e. The number of hydrogen-bond donors (Lipinski definition) is 1. The highest BCUT2D eigenvalue weighted by molar-refractivity contribution is 7.13. The van der Waals surface area contributed by atoms with Gasteiger partial charge < -0.3 is 10.0 Å². The summed E-state index contributed by atoms with van der Waals surface area (Å²) in [5.41, 5.74) is -0.0868. The van der Waals surface area contributed by atoms with Gasteiger partial charge in [0, 0.05) is 23.5 Å². The minimum atomic E-state index is -4.46. The van der Waals surface area contributed by atoms with Crippen LogP contribution in [0.25, 0.3) is 0 Å². The summed E-state index contributed by atoms with van der Waals surface area (Å²) in [5, 5.41) is 10.8. The molecule has 21 heavy (non-hydrogen) atoms. The molecule has 2 aromatic rings. The first-order valence-electron chi connectivity index (χ1n) is 6.03. The number of anilines is 1. The van der Waals surface area contributed by atoms with E-state index in [1.54, 1.807) is 23.1 Å². The number of thiazole rings is 1. The van der Waals surface area contributed by atoms with Gasteiger partial charge in [-0.2, -0.15) is 13.2 Å². The third kappa shape index (κ3) is 4.33. The lowest BCUT2D eigenvalue weighted by Crippen LogP contribution is -2.26. The highest BCUT2D eigenvalue weighted by atomic mass is 35.5. The van der Waals surface area contributed by atoms with E-state index in [0.29, 0.717) is 11.6 Å². The molecule has 2 rings (SSSR count). The highest BCUT2D eigenvalue weighted by Crippen LogP contribution is 2.33. The summed E-state index contributed by atoms with van der Waals surface area (Å²) in [4.78, 5) is 5.18. The van der Waals surface area contributed by atoms with Crippen LogP contribution in [0.1, 0.15) is 11.3 Å². The van der Waals surface area contributed by atoms with Gasteiger partial charge in [0.05, 0.1) is 6.61 Å². The Kier molecular flexibility index (Phi) is 5.08. The lowest BCUT2D eigenvalue weighted by atomic mass is 10.2. The summed E-state index contributed by atoms with van der Waals surface area (Å²) >= 11 is 6.78. The Morgan fingerprint density at radius 3 is 2.67 bits per heavy atom. The van der Waals surface area contributed by atoms with Crippen molar-refractivity contribution in [1.29, 1.82) is 0 Å². The first-order valence-corrected chi connectivity index (χ1v) is 7.29. The molecule has 1 aromatic heterocycles. The SMILES string of the molecule is OCCN(Cc1cccc(Cl)c1)c1nc(C(F)(F)F)cs1. The summed E-state index contributed by atoms with van der Waals surface area (Å²) in [6.07, 6.45) is -4.46. The molecule has 1 heterocycles. The van der Waals surface area contributed by atoms with Crippen LogP contribution in [-0.4, -0.2) is 23.2 Å². The van der Waals surface area contributed by atoms with Crippen molar-refractivity contribution >= 4 is 28.1 Å². The quantitative estimate of drug-likeness (QED) is 0.902. The predicted molar refractivity (Wildman–Crippen MR) is 76.7 cm³/mol. The van der Waals surface area contributed by atoms with Crippen molar-refractivity contribution in [2.45, 2.75) is 12.7 Å². The number of rotatable bonds is 5. The number of nitrogens with zero attached hydrogens (tertiary/aromatic N) is 2.